The number of pyridine rings is 1. The van der Waals surface area contributed by atoms with Crippen molar-refractivity contribution in [3.05, 3.63) is 59.3 Å². The van der Waals surface area contributed by atoms with Crippen LogP contribution in [0.1, 0.15) is 30.6 Å². The normalized spacial score (nSPS) is 20.3. The van der Waals surface area contributed by atoms with Gasteiger partial charge in [0.2, 0.25) is 5.91 Å². The van der Waals surface area contributed by atoms with Crippen molar-refractivity contribution in [1.29, 1.82) is 0 Å². The number of halogens is 4. The van der Waals surface area contributed by atoms with E-state index in [1.54, 1.807) is 13.0 Å². The second-order valence-corrected chi connectivity index (χ2v) is 6.86. The molecule has 1 aliphatic heterocycles. The maximum Gasteiger partial charge on any atom is 0.418 e. The minimum absolute atomic E-state index is 0.0288. The number of carbonyl (C=O) groups excluding carboxylic acids is 1. The third-order valence-electron chi connectivity index (χ3n) is 4.60. The lowest BCUT2D eigenvalue weighted by Gasteiger charge is -2.31. The molecule has 156 valence electrons. The maximum atomic E-state index is 13.2. The molecule has 1 fully saturated rings. The Hall–Kier alpha value is -2.72. The predicted molar refractivity (Wildman–Crippen MR) is 98.0 cm³/mol. The number of alkyl halides is 3. The zero-order valence-corrected chi connectivity index (χ0v) is 15.4. The molecule has 1 amide bonds. The fraction of sp³-hybridized carbons (Fsp3) is 0.368. The standard InChI is InChI=1S/C19H19F4N4O2/c1-11(26-17(28)18(24)6-7-29-10-18)15-5-3-13(9-25-15)27-16-4-2-12(20)8-14(16)19(21,22)23/h2-5,8-9,11,24,27H,6-7,10H2,1H3,(H,26,28)/q-1. The van der Waals surface area contributed by atoms with E-state index in [2.05, 4.69) is 15.6 Å². The molecule has 0 spiro atoms. The van der Waals surface area contributed by atoms with Crippen molar-refractivity contribution < 1.29 is 27.1 Å². The van der Waals surface area contributed by atoms with E-state index in [9.17, 15) is 22.4 Å². The van der Waals surface area contributed by atoms with Gasteiger partial charge in [0.05, 0.1) is 34.9 Å². The third kappa shape index (κ3) is 4.83. The lowest BCUT2D eigenvalue weighted by Crippen LogP contribution is -2.45. The second kappa shape index (κ2) is 7.96. The molecule has 1 aromatic heterocycles. The highest BCUT2D eigenvalue weighted by atomic mass is 19.4. The average molecular weight is 411 g/mol. The Morgan fingerprint density at radius 1 is 1.31 bits per heavy atom. The zero-order valence-electron chi connectivity index (χ0n) is 15.4. The van der Waals surface area contributed by atoms with Gasteiger partial charge in [-0.3, -0.25) is 9.78 Å². The van der Waals surface area contributed by atoms with Crippen LogP contribution in [0.25, 0.3) is 5.73 Å². The van der Waals surface area contributed by atoms with Gasteiger partial charge in [0.15, 0.2) is 0 Å². The van der Waals surface area contributed by atoms with Crippen LogP contribution in [0.15, 0.2) is 36.5 Å². The van der Waals surface area contributed by atoms with Crippen LogP contribution in [0.2, 0.25) is 0 Å². The number of ether oxygens (including phenoxy) is 1. The van der Waals surface area contributed by atoms with Gasteiger partial charge in [0.25, 0.3) is 0 Å². The van der Waals surface area contributed by atoms with E-state index in [0.717, 1.165) is 12.1 Å². The van der Waals surface area contributed by atoms with Crippen molar-refractivity contribution >= 4 is 17.3 Å². The highest BCUT2D eigenvalue weighted by Gasteiger charge is 2.34. The Morgan fingerprint density at radius 3 is 2.66 bits per heavy atom. The molecule has 1 aromatic carbocycles. The van der Waals surface area contributed by atoms with Gasteiger partial charge in [-0.25, -0.2) is 4.39 Å². The van der Waals surface area contributed by atoms with Crippen molar-refractivity contribution in [3.8, 4) is 0 Å². The first-order chi connectivity index (χ1) is 13.6. The molecule has 6 nitrogen and oxygen atoms in total. The predicted octanol–water partition coefficient (Wildman–Crippen LogP) is 4.37. The summed E-state index contributed by atoms with van der Waals surface area (Å²) in [6.07, 6.45) is -3.09. The van der Waals surface area contributed by atoms with Gasteiger partial charge in [0, 0.05) is 13.2 Å². The molecule has 0 bridgehead atoms. The molecule has 2 heterocycles. The van der Waals surface area contributed by atoms with Crippen molar-refractivity contribution in [2.45, 2.75) is 31.1 Å². The van der Waals surface area contributed by atoms with Crippen molar-refractivity contribution in [3.63, 3.8) is 0 Å². The molecule has 2 unspecified atom stereocenters. The van der Waals surface area contributed by atoms with E-state index in [4.69, 9.17) is 10.5 Å². The molecule has 2 atom stereocenters. The molecule has 1 saturated heterocycles. The molecule has 3 rings (SSSR count). The Labute approximate surface area is 164 Å². The summed E-state index contributed by atoms with van der Waals surface area (Å²) in [5.74, 6) is -1.45. The number of aromatic nitrogens is 1. The van der Waals surface area contributed by atoms with Crippen LogP contribution < -0.4 is 10.6 Å². The molecule has 2 aromatic rings. The van der Waals surface area contributed by atoms with E-state index in [1.807, 2.05) is 0 Å². The quantitative estimate of drug-likeness (QED) is 0.716. The van der Waals surface area contributed by atoms with E-state index in [1.165, 1.54) is 12.3 Å². The lowest BCUT2D eigenvalue weighted by molar-refractivity contribution is -0.137. The van der Waals surface area contributed by atoms with Gasteiger partial charge in [0.1, 0.15) is 5.82 Å². The SMILES string of the molecule is CC(NC(=O)C1([NH-])CCOC1)c1ccc(Nc2ccc(F)cc2C(F)(F)F)cn1. The molecule has 10 heteroatoms. The number of anilines is 2. The molecule has 0 radical (unpaired) electrons. The smallest absolute Gasteiger partial charge is 0.418 e. The maximum absolute atomic E-state index is 13.2. The van der Waals surface area contributed by atoms with Gasteiger partial charge in [-0.05, 0) is 49.2 Å². The summed E-state index contributed by atoms with van der Waals surface area (Å²) in [5.41, 5.74) is 6.09. The first kappa shape index (κ1) is 21.0. The number of rotatable bonds is 5. The Bertz CT molecular complexity index is 881. The minimum Gasteiger partial charge on any atom is -0.662 e. The van der Waals surface area contributed by atoms with Crippen LogP contribution in [0.4, 0.5) is 28.9 Å². The van der Waals surface area contributed by atoms with Crippen LogP contribution >= 0.6 is 0 Å². The van der Waals surface area contributed by atoms with Crippen molar-refractivity contribution in [2.24, 2.45) is 0 Å². The second-order valence-electron chi connectivity index (χ2n) is 6.86. The first-order valence-electron chi connectivity index (χ1n) is 8.82. The number of nitrogens with one attached hydrogen (secondary N) is 3. The topological polar surface area (TPSA) is 87.1 Å². The number of nitrogens with zero attached hydrogens (tertiary/aromatic N) is 1. The Balaban J connectivity index is 1.70. The summed E-state index contributed by atoms with van der Waals surface area (Å²) >= 11 is 0. The van der Waals surface area contributed by atoms with Gasteiger partial charge >= 0.3 is 6.18 Å². The fourth-order valence-electron chi connectivity index (χ4n) is 2.90. The van der Waals surface area contributed by atoms with E-state index < -0.39 is 35.0 Å². The summed E-state index contributed by atoms with van der Waals surface area (Å²) < 4.78 is 57.6. The van der Waals surface area contributed by atoms with Crippen LogP contribution in [0.5, 0.6) is 0 Å². The van der Waals surface area contributed by atoms with Crippen LogP contribution in [-0.2, 0) is 15.7 Å². The van der Waals surface area contributed by atoms with Crippen LogP contribution in [0.3, 0.4) is 0 Å². The average Bonchev–Trinajstić information content (AvgIpc) is 3.11. The summed E-state index contributed by atoms with van der Waals surface area (Å²) in [6.45, 7) is 2.07. The van der Waals surface area contributed by atoms with E-state index in [-0.39, 0.29) is 18.0 Å². The van der Waals surface area contributed by atoms with Gasteiger partial charge in [-0.2, -0.15) is 13.2 Å². The monoisotopic (exact) mass is 411 g/mol. The fourth-order valence-corrected chi connectivity index (χ4v) is 2.90. The number of carbonyl (C=O) groups is 1. The molecule has 0 aliphatic carbocycles. The summed E-state index contributed by atoms with van der Waals surface area (Å²) in [5, 5.41) is 5.28. The molecule has 0 saturated carbocycles. The molecule has 1 aliphatic rings. The summed E-state index contributed by atoms with van der Waals surface area (Å²) in [4.78, 5) is 16.4. The minimum atomic E-state index is -4.72. The lowest BCUT2D eigenvalue weighted by atomic mass is 9.98. The summed E-state index contributed by atoms with van der Waals surface area (Å²) in [7, 11) is 0. The highest BCUT2D eigenvalue weighted by Crippen LogP contribution is 2.36. The Kier molecular flexibility index (Phi) is 5.76. The van der Waals surface area contributed by atoms with E-state index in [0.29, 0.717) is 24.8 Å². The third-order valence-corrected chi connectivity index (χ3v) is 4.60. The molecule has 3 N–H and O–H groups in total. The largest absolute Gasteiger partial charge is 0.662 e. The number of benzene rings is 1. The van der Waals surface area contributed by atoms with Crippen LogP contribution in [-0.4, -0.2) is 29.6 Å². The Morgan fingerprint density at radius 2 is 2.07 bits per heavy atom. The number of hydrogen-bond acceptors (Lipinski definition) is 4. The van der Waals surface area contributed by atoms with E-state index >= 15 is 0 Å². The van der Waals surface area contributed by atoms with Crippen molar-refractivity contribution in [2.75, 3.05) is 18.5 Å². The first-order valence-corrected chi connectivity index (χ1v) is 8.82. The molecular weight excluding hydrogens is 392 g/mol. The van der Waals surface area contributed by atoms with Gasteiger partial charge in [-0.15, -0.1) is 0 Å². The van der Waals surface area contributed by atoms with Crippen molar-refractivity contribution in [1.82, 2.24) is 10.3 Å². The zero-order chi connectivity index (χ0) is 21.2. The van der Waals surface area contributed by atoms with Crippen LogP contribution in [0, 0.1) is 5.82 Å². The number of hydrogen-bond donors (Lipinski definition) is 2. The molecular formula is C19H19F4N4O2-. The van der Waals surface area contributed by atoms with Gasteiger partial charge < -0.3 is 21.1 Å². The van der Waals surface area contributed by atoms with Gasteiger partial charge in [-0.1, -0.05) is 0 Å². The molecule has 29 heavy (non-hydrogen) atoms. The highest BCUT2D eigenvalue weighted by molar-refractivity contribution is 5.88. The summed E-state index contributed by atoms with van der Waals surface area (Å²) in [6, 6.07) is 4.91. The number of amides is 1.